The Balaban J connectivity index is 1.47. The van der Waals surface area contributed by atoms with Crippen molar-refractivity contribution in [2.75, 3.05) is 38.7 Å². The Labute approximate surface area is 222 Å². The van der Waals surface area contributed by atoms with Crippen molar-refractivity contribution < 1.29 is 9.53 Å². The Bertz CT molecular complexity index is 1550. The number of likely N-dealkylation sites (tertiary alicyclic amines) is 1. The van der Waals surface area contributed by atoms with E-state index in [9.17, 15) is 10.1 Å². The third kappa shape index (κ3) is 4.39. The predicted octanol–water partition coefficient (Wildman–Crippen LogP) is 4.56. The van der Waals surface area contributed by atoms with Crippen LogP contribution in [0.4, 0.5) is 5.69 Å². The molecule has 2 aromatic carbocycles. The summed E-state index contributed by atoms with van der Waals surface area (Å²) in [5.74, 6) is 1.15. The molecule has 1 amide bonds. The van der Waals surface area contributed by atoms with Crippen LogP contribution >= 0.6 is 0 Å². The Hall–Kier alpha value is -4.22. The van der Waals surface area contributed by atoms with Crippen molar-refractivity contribution in [3.63, 3.8) is 0 Å². The van der Waals surface area contributed by atoms with Gasteiger partial charge in [0.25, 0.3) is 0 Å². The highest BCUT2D eigenvalue weighted by Crippen LogP contribution is 2.38. The molecule has 6 rings (SSSR count). The lowest BCUT2D eigenvalue weighted by atomic mass is 9.96. The number of carbonyl (C=O) groups excluding carboxylic acids is 1. The molecule has 1 fully saturated rings. The molecule has 4 aromatic rings. The fourth-order valence-electron chi connectivity index (χ4n) is 5.65. The summed E-state index contributed by atoms with van der Waals surface area (Å²) in [7, 11) is 3.98. The lowest BCUT2D eigenvalue weighted by Gasteiger charge is -2.29. The second-order valence-electron chi connectivity index (χ2n) is 10.3. The van der Waals surface area contributed by atoms with Gasteiger partial charge in [-0.3, -0.25) is 9.20 Å². The molecule has 0 radical (unpaired) electrons. The van der Waals surface area contributed by atoms with Gasteiger partial charge in [-0.05, 0) is 62.7 Å². The fraction of sp³-hybridized carbons (Fsp3) is 0.333. The van der Waals surface area contributed by atoms with Crippen LogP contribution in [0.5, 0.6) is 5.88 Å². The van der Waals surface area contributed by atoms with Gasteiger partial charge < -0.3 is 14.5 Å². The topological polar surface area (TPSA) is 86.8 Å². The molecule has 0 spiro atoms. The summed E-state index contributed by atoms with van der Waals surface area (Å²) in [6.45, 7) is 2.75. The van der Waals surface area contributed by atoms with E-state index in [0.29, 0.717) is 36.8 Å². The lowest BCUT2D eigenvalue weighted by molar-refractivity contribution is -0.118. The largest absolute Gasteiger partial charge is 0.476 e. The average molecular weight is 507 g/mol. The van der Waals surface area contributed by atoms with E-state index < -0.39 is 0 Å². The third-order valence-electron chi connectivity index (χ3n) is 7.70. The number of aryl methyl sites for hydroxylation is 1. The molecule has 1 atom stereocenters. The van der Waals surface area contributed by atoms with Crippen molar-refractivity contribution in [1.29, 1.82) is 5.26 Å². The lowest BCUT2D eigenvalue weighted by Crippen LogP contribution is -2.34. The minimum Gasteiger partial charge on any atom is -0.476 e. The van der Waals surface area contributed by atoms with Gasteiger partial charge in [-0.2, -0.15) is 5.26 Å². The highest BCUT2D eigenvalue weighted by atomic mass is 16.5. The van der Waals surface area contributed by atoms with Crippen molar-refractivity contribution in [1.82, 2.24) is 19.3 Å². The number of ether oxygens (including phenoxy) is 1. The standard InChI is InChI=1S/C30H30N6O2/c1-34-13-3-4-21(17-34)18-38-30-26-16-32-19-36(26)29(28(33-30)22-7-5-20(15-31)6-8-22)24-9-11-25-23(14-24)10-12-27(37)35(25)2/h5-9,11,14,16,19,21H,3-4,10,12-13,17-18H2,1-2H3/t21-/m1/s1. The van der Waals surface area contributed by atoms with E-state index >= 15 is 0 Å². The van der Waals surface area contributed by atoms with Crippen LogP contribution in [0.15, 0.2) is 55.0 Å². The predicted molar refractivity (Wildman–Crippen MR) is 146 cm³/mol. The van der Waals surface area contributed by atoms with E-state index in [1.165, 1.54) is 6.42 Å². The summed E-state index contributed by atoms with van der Waals surface area (Å²) in [4.78, 5) is 25.9. The second-order valence-corrected chi connectivity index (χ2v) is 10.3. The molecule has 1 saturated heterocycles. The van der Waals surface area contributed by atoms with Gasteiger partial charge in [-0.1, -0.05) is 18.2 Å². The molecule has 0 aliphatic carbocycles. The summed E-state index contributed by atoms with van der Waals surface area (Å²) in [6.07, 6.45) is 7.12. The normalized spacial score (nSPS) is 17.9. The number of benzene rings is 2. The van der Waals surface area contributed by atoms with E-state index in [1.807, 2.05) is 47.8 Å². The van der Waals surface area contributed by atoms with Crippen LogP contribution in [-0.4, -0.2) is 59.0 Å². The fourth-order valence-corrected chi connectivity index (χ4v) is 5.65. The van der Waals surface area contributed by atoms with Gasteiger partial charge in [0, 0.05) is 42.7 Å². The van der Waals surface area contributed by atoms with Crippen LogP contribution in [0.3, 0.4) is 0 Å². The van der Waals surface area contributed by atoms with Crippen LogP contribution in [0.25, 0.3) is 28.0 Å². The van der Waals surface area contributed by atoms with Crippen LogP contribution in [0.2, 0.25) is 0 Å². The van der Waals surface area contributed by atoms with Gasteiger partial charge >= 0.3 is 0 Å². The van der Waals surface area contributed by atoms with Crippen LogP contribution in [0.1, 0.15) is 30.4 Å². The SMILES string of the molecule is CN1CCC[C@@H](COc2nc(-c3ccc(C#N)cc3)c(-c3ccc4c(c3)CCC(=O)N4C)n3cncc23)C1. The number of rotatable bonds is 5. The summed E-state index contributed by atoms with van der Waals surface area (Å²) in [5, 5.41) is 9.33. The van der Waals surface area contributed by atoms with Crippen LogP contribution in [-0.2, 0) is 11.2 Å². The summed E-state index contributed by atoms with van der Waals surface area (Å²) >= 11 is 0. The van der Waals surface area contributed by atoms with Crippen LogP contribution < -0.4 is 9.64 Å². The van der Waals surface area contributed by atoms with Crippen molar-refractivity contribution in [2.45, 2.75) is 25.7 Å². The molecular weight excluding hydrogens is 476 g/mol. The molecular formula is C30H30N6O2. The number of nitriles is 1. The first-order chi connectivity index (χ1) is 18.5. The van der Waals surface area contributed by atoms with Crippen molar-refractivity contribution in [3.8, 4) is 34.5 Å². The Morgan fingerprint density at radius 1 is 1.11 bits per heavy atom. The molecule has 38 heavy (non-hydrogen) atoms. The summed E-state index contributed by atoms with van der Waals surface area (Å²) in [6, 6.07) is 15.9. The first-order valence-corrected chi connectivity index (χ1v) is 13.1. The van der Waals surface area contributed by atoms with E-state index in [1.54, 1.807) is 17.4 Å². The number of carbonyl (C=O) groups is 1. The number of anilines is 1. The van der Waals surface area contributed by atoms with E-state index in [-0.39, 0.29) is 5.91 Å². The highest BCUT2D eigenvalue weighted by molar-refractivity contribution is 5.96. The number of aromatic nitrogens is 3. The zero-order chi connectivity index (χ0) is 26.2. The molecule has 8 heteroatoms. The Kier molecular flexibility index (Phi) is 6.30. The molecule has 192 valence electrons. The summed E-state index contributed by atoms with van der Waals surface area (Å²) in [5.41, 5.74) is 7.02. The van der Waals surface area contributed by atoms with Crippen molar-refractivity contribution in [2.24, 2.45) is 5.92 Å². The number of imidazole rings is 1. The zero-order valence-corrected chi connectivity index (χ0v) is 21.7. The van der Waals surface area contributed by atoms with Crippen LogP contribution in [0, 0.1) is 17.2 Å². The first kappa shape index (κ1) is 24.1. The van der Waals surface area contributed by atoms with E-state index in [4.69, 9.17) is 9.72 Å². The van der Waals surface area contributed by atoms with Gasteiger partial charge in [0.15, 0.2) is 0 Å². The summed E-state index contributed by atoms with van der Waals surface area (Å²) < 4.78 is 8.43. The maximum Gasteiger partial charge on any atom is 0.240 e. The maximum absolute atomic E-state index is 12.2. The molecule has 0 unspecified atom stereocenters. The molecule has 0 saturated carbocycles. The number of amides is 1. The molecule has 2 aliphatic heterocycles. The molecule has 0 bridgehead atoms. The number of nitrogens with zero attached hydrogens (tertiary/aromatic N) is 6. The molecule has 2 aliphatic rings. The molecule has 0 N–H and O–H groups in total. The molecule has 8 nitrogen and oxygen atoms in total. The number of hydrogen-bond donors (Lipinski definition) is 0. The third-order valence-corrected chi connectivity index (χ3v) is 7.70. The minimum absolute atomic E-state index is 0.132. The molecule has 2 aromatic heterocycles. The smallest absolute Gasteiger partial charge is 0.240 e. The Morgan fingerprint density at radius 2 is 1.92 bits per heavy atom. The number of hydrogen-bond acceptors (Lipinski definition) is 6. The monoisotopic (exact) mass is 506 g/mol. The van der Waals surface area contributed by atoms with Gasteiger partial charge in [-0.15, -0.1) is 0 Å². The van der Waals surface area contributed by atoms with E-state index in [0.717, 1.165) is 58.8 Å². The van der Waals surface area contributed by atoms with Gasteiger partial charge in [0.2, 0.25) is 11.8 Å². The van der Waals surface area contributed by atoms with Crippen molar-refractivity contribution >= 4 is 17.1 Å². The number of fused-ring (bicyclic) bond motifs is 2. The number of piperidine rings is 1. The minimum atomic E-state index is 0.132. The van der Waals surface area contributed by atoms with Gasteiger partial charge in [-0.25, -0.2) is 9.97 Å². The maximum atomic E-state index is 12.2. The van der Waals surface area contributed by atoms with Gasteiger partial charge in [0.05, 0.1) is 42.2 Å². The van der Waals surface area contributed by atoms with Crippen molar-refractivity contribution in [3.05, 3.63) is 66.1 Å². The Morgan fingerprint density at radius 3 is 2.71 bits per heavy atom. The zero-order valence-electron chi connectivity index (χ0n) is 21.7. The highest BCUT2D eigenvalue weighted by Gasteiger charge is 2.25. The van der Waals surface area contributed by atoms with Gasteiger partial charge in [0.1, 0.15) is 5.52 Å². The molecule has 4 heterocycles. The quantitative estimate of drug-likeness (QED) is 0.394. The average Bonchev–Trinajstić information content (AvgIpc) is 3.43. The first-order valence-electron chi connectivity index (χ1n) is 13.1. The van der Waals surface area contributed by atoms with E-state index in [2.05, 4.69) is 29.1 Å². The second kappa shape index (κ2) is 9.92.